The van der Waals surface area contributed by atoms with Gasteiger partial charge in [-0.05, 0) is 42.7 Å². The maximum absolute atomic E-state index is 12.8. The predicted octanol–water partition coefficient (Wildman–Crippen LogP) is 3.89. The second-order valence-corrected chi connectivity index (χ2v) is 8.48. The lowest BCUT2D eigenvalue weighted by molar-refractivity contribution is -0.130. The number of benzene rings is 2. The first kappa shape index (κ1) is 21.8. The Kier molecular flexibility index (Phi) is 6.40. The zero-order chi connectivity index (χ0) is 22.7. The van der Waals surface area contributed by atoms with E-state index in [4.69, 9.17) is 9.72 Å². The summed E-state index contributed by atoms with van der Waals surface area (Å²) in [6.07, 6.45) is 2.05. The van der Waals surface area contributed by atoms with Gasteiger partial charge >= 0.3 is 0 Å². The monoisotopic (exact) mass is 431 g/mol. The van der Waals surface area contributed by atoms with Gasteiger partial charge in [0.2, 0.25) is 5.91 Å². The van der Waals surface area contributed by atoms with Crippen molar-refractivity contribution < 1.29 is 14.3 Å². The number of nitrogens with zero attached hydrogens (tertiary/aromatic N) is 3. The Labute approximate surface area is 188 Å². The number of amides is 2. The number of carbonyl (C=O) groups is 2. The summed E-state index contributed by atoms with van der Waals surface area (Å²) in [7, 11) is 5.16. The molecule has 1 aliphatic rings. The van der Waals surface area contributed by atoms with Gasteiger partial charge in [-0.1, -0.05) is 30.3 Å². The molecule has 3 aromatic rings. The van der Waals surface area contributed by atoms with Gasteiger partial charge in [0.05, 0.1) is 18.2 Å². The van der Waals surface area contributed by atoms with E-state index in [0.717, 1.165) is 40.9 Å². The van der Waals surface area contributed by atoms with E-state index < -0.39 is 0 Å². The molecule has 1 aliphatic heterocycles. The van der Waals surface area contributed by atoms with Gasteiger partial charge < -0.3 is 14.5 Å². The van der Waals surface area contributed by atoms with Gasteiger partial charge in [0.25, 0.3) is 5.91 Å². The minimum atomic E-state index is -0.0322. The van der Waals surface area contributed by atoms with Crippen LogP contribution in [0, 0.1) is 0 Å². The summed E-state index contributed by atoms with van der Waals surface area (Å²) >= 11 is 0. The number of hydrogen-bond donors (Lipinski definition) is 0. The summed E-state index contributed by atoms with van der Waals surface area (Å²) in [5.74, 6) is 1.08. The van der Waals surface area contributed by atoms with Crippen LogP contribution in [0.25, 0.3) is 10.9 Å². The normalized spacial score (nSPS) is 15.7. The van der Waals surface area contributed by atoms with Crippen molar-refractivity contribution in [2.24, 2.45) is 0 Å². The SMILES string of the molecule is COc1ccc(CCC(=O)N2CC[C@H](c3cc(C(=O)N(C)C)c4ccccc4n3)C2)cc1. The smallest absolute Gasteiger partial charge is 0.254 e. The summed E-state index contributed by atoms with van der Waals surface area (Å²) in [6.45, 7) is 1.36. The van der Waals surface area contributed by atoms with Crippen LogP contribution in [-0.2, 0) is 11.2 Å². The molecule has 1 atom stereocenters. The Morgan fingerprint density at radius 1 is 1.12 bits per heavy atom. The van der Waals surface area contributed by atoms with Crippen LogP contribution in [0.5, 0.6) is 5.75 Å². The fourth-order valence-electron chi connectivity index (χ4n) is 4.25. The summed E-state index contributed by atoms with van der Waals surface area (Å²) in [4.78, 5) is 34.0. The largest absolute Gasteiger partial charge is 0.497 e. The van der Waals surface area contributed by atoms with Crippen molar-refractivity contribution in [2.75, 3.05) is 34.3 Å². The van der Waals surface area contributed by atoms with Crippen molar-refractivity contribution in [1.29, 1.82) is 0 Å². The molecule has 1 saturated heterocycles. The van der Waals surface area contributed by atoms with Crippen molar-refractivity contribution in [3.05, 3.63) is 71.4 Å². The van der Waals surface area contributed by atoms with Crippen molar-refractivity contribution in [1.82, 2.24) is 14.8 Å². The number of fused-ring (bicyclic) bond motifs is 1. The summed E-state index contributed by atoms with van der Waals surface area (Å²) in [5.41, 5.74) is 3.50. The number of rotatable bonds is 6. The maximum atomic E-state index is 12.8. The van der Waals surface area contributed by atoms with Crippen molar-refractivity contribution >= 4 is 22.7 Å². The van der Waals surface area contributed by atoms with Crippen LogP contribution in [0.4, 0.5) is 0 Å². The first-order valence-electron chi connectivity index (χ1n) is 11.0. The molecule has 0 saturated carbocycles. The van der Waals surface area contributed by atoms with E-state index in [0.29, 0.717) is 24.9 Å². The molecule has 32 heavy (non-hydrogen) atoms. The molecule has 2 aromatic carbocycles. The number of ether oxygens (including phenoxy) is 1. The van der Waals surface area contributed by atoms with E-state index in [1.807, 2.05) is 59.5 Å². The minimum Gasteiger partial charge on any atom is -0.497 e. The van der Waals surface area contributed by atoms with Crippen molar-refractivity contribution in [2.45, 2.75) is 25.2 Å². The molecule has 2 amide bonds. The number of carbonyl (C=O) groups excluding carboxylic acids is 2. The number of aryl methyl sites for hydroxylation is 1. The van der Waals surface area contributed by atoms with Gasteiger partial charge in [0.15, 0.2) is 0 Å². The molecule has 0 bridgehead atoms. The summed E-state index contributed by atoms with van der Waals surface area (Å²) < 4.78 is 5.19. The molecule has 4 rings (SSSR count). The van der Waals surface area contributed by atoms with E-state index >= 15 is 0 Å². The van der Waals surface area contributed by atoms with Gasteiger partial charge in [0, 0.05) is 50.6 Å². The molecule has 0 spiro atoms. The topological polar surface area (TPSA) is 62.7 Å². The zero-order valence-electron chi connectivity index (χ0n) is 18.9. The average Bonchev–Trinajstić information content (AvgIpc) is 3.32. The molecule has 6 heteroatoms. The fourth-order valence-corrected chi connectivity index (χ4v) is 4.25. The molecule has 6 nitrogen and oxygen atoms in total. The van der Waals surface area contributed by atoms with Crippen LogP contribution in [0.2, 0.25) is 0 Å². The van der Waals surface area contributed by atoms with Crippen LogP contribution < -0.4 is 4.74 Å². The zero-order valence-corrected chi connectivity index (χ0v) is 18.9. The fraction of sp³-hybridized carbons (Fsp3) is 0.346. The molecule has 2 heterocycles. The maximum Gasteiger partial charge on any atom is 0.254 e. The third-order valence-corrected chi connectivity index (χ3v) is 6.12. The molecular formula is C26H29N3O3. The van der Waals surface area contributed by atoms with Crippen LogP contribution in [0.15, 0.2) is 54.6 Å². The van der Waals surface area contributed by atoms with E-state index in [2.05, 4.69) is 0 Å². The molecule has 0 radical (unpaired) electrons. The van der Waals surface area contributed by atoms with Crippen LogP contribution >= 0.6 is 0 Å². The average molecular weight is 432 g/mol. The Hall–Kier alpha value is -3.41. The van der Waals surface area contributed by atoms with Crippen LogP contribution in [-0.4, -0.2) is 60.9 Å². The predicted molar refractivity (Wildman–Crippen MR) is 125 cm³/mol. The highest BCUT2D eigenvalue weighted by Crippen LogP contribution is 2.30. The summed E-state index contributed by atoms with van der Waals surface area (Å²) in [6, 6.07) is 17.5. The van der Waals surface area contributed by atoms with Gasteiger partial charge in [-0.25, -0.2) is 0 Å². The second kappa shape index (κ2) is 9.39. The van der Waals surface area contributed by atoms with E-state index in [-0.39, 0.29) is 17.7 Å². The Balaban J connectivity index is 1.46. The number of likely N-dealkylation sites (tertiary alicyclic amines) is 1. The third-order valence-electron chi connectivity index (χ3n) is 6.12. The molecule has 166 valence electrons. The first-order chi connectivity index (χ1) is 15.5. The van der Waals surface area contributed by atoms with Crippen LogP contribution in [0.1, 0.15) is 40.4 Å². The number of pyridine rings is 1. The van der Waals surface area contributed by atoms with Gasteiger partial charge in [-0.2, -0.15) is 0 Å². The molecule has 0 aliphatic carbocycles. The lowest BCUT2D eigenvalue weighted by Crippen LogP contribution is -2.28. The van der Waals surface area contributed by atoms with Crippen molar-refractivity contribution in [3.63, 3.8) is 0 Å². The lowest BCUT2D eigenvalue weighted by atomic mass is 9.99. The highest BCUT2D eigenvalue weighted by atomic mass is 16.5. The number of hydrogen-bond acceptors (Lipinski definition) is 4. The standard InChI is InChI=1S/C26H29N3O3/c1-28(2)26(31)22-16-24(27-23-7-5-4-6-21(22)23)19-14-15-29(17-19)25(30)13-10-18-8-11-20(32-3)12-9-18/h4-9,11-12,16,19H,10,13-15,17H2,1-3H3/t19-/m0/s1. The second-order valence-electron chi connectivity index (χ2n) is 8.48. The Morgan fingerprint density at radius 3 is 2.59 bits per heavy atom. The molecule has 0 unspecified atom stereocenters. The first-order valence-corrected chi connectivity index (χ1v) is 11.0. The Morgan fingerprint density at radius 2 is 1.88 bits per heavy atom. The van der Waals surface area contributed by atoms with Crippen LogP contribution in [0.3, 0.4) is 0 Å². The highest BCUT2D eigenvalue weighted by molar-refractivity contribution is 6.06. The van der Waals surface area contributed by atoms with E-state index in [9.17, 15) is 9.59 Å². The molecular weight excluding hydrogens is 402 g/mol. The number of methoxy groups -OCH3 is 1. The highest BCUT2D eigenvalue weighted by Gasteiger charge is 2.29. The van der Waals surface area contributed by atoms with Crippen molar-refractivity contribution in [3.8, 4) is 5.75 Å². The van der Waals surface area contributed by atoms with Gasteiger partial charge in [-0.15, -0.1) is 0 Å². The molecule has 1 aromatic heterocycles. The molecule has 0 N–H and O–H groups in total. The Bertz CT molecular complexity index is 1120. The summed E-state index contributed by atoms with van der Waals surface area (Å²) in [5, 5.41) is 0.861. The van der Waals surface area contributed by atoms with E-state index in [1.54, 1.807) is 26.1 Å². The minimum absolute atomic E-state index is 0.0322. The van der Waals surface area contributed by atoms with E-state index in [1.165, 1.54) is 0 Å². The molecule has 1 fully saturated rings. The number of para-hydroxylation sites is 1. The quantitative estimate of drug-likeness (QED) is 0.594. The van der Waals surface area contributed by atoms with Gasteiger partial charge in [0.1, 0.15) is 5.75 Å². The lowest BCUT2D eigenvalue weighted by Gasteiger charge is -2.18. The number of aromatic nitrogens is 1. The van der Waals surface area contributed by atoms with Gasteiger partial charge in [-0.3, -0.25) is 14.6 Å². The third kappa shape index (κ3) is 4.59.